The number of nitrogens with one attached hydrogen (secondary N) is 1. The van der Waals surface area contributed by atoms with Gasteiger partial charge in [0.15, 0.2) is 0 Å². The molecule has 0 spiro atoms. The molecular formula is C21H27NO3. The van der Waals surface area contributed by atoms with Crippen molar-refractivity contribution in [2.45, 2.75) is 45.4 Å². The summed E-state index contributed by atoms with van der Waals surface area (Å²) >= 11 is 0. The zero-order valence-corrected chi connectivity index (χ0v) is 14.9. The largest absolute Gasteiger partial charge is 0.466 e. The Morgan fingerprint density at radius 3 is 2.56 bits per heavy atom. The van der Waals surface area contributed by atoms with Crippen molar-refractivity contribution in [1.29, 1.82) is 0 Å². The number of carbonyl (C=O) groups is 2. The van der Waals surface area contributed by atoms with Crippen LogP contribution in [0.4, 0.5) is 0 Å². The monoisotopic (exact) mass is 341 g/mol. The van der Waals surface area contributed by atoms with Crippen molar-refractivity contribution >= 4 is 22.6 Å². The second-order valence-corrected chi connectivity index (χ2v) is 6.17. The fraction of sp³-hybridized carbons (Fsp3) is 0.429. The van der Waals surface area contributed by atoms with E-state index in [2.05, 4.69) is 12.2 Å². The van der Waals surface area contributed by atoms with Crippen LogP contribution in [-0.2, 0) is 9.53 Å². The number of hydrogen-bond acceptors (Lipinski definition) is 3. The van der Waals surface area contributed by atoms with Crippen LogP contribution in [0, 0.1) is 0 Å². The molecule has 2 aromatic carbocycles. The first-order chi connectivity index (χ1) is 12.2. The topological polar surface area (TPSA) is 55.4 Å². The van der Waals surface area contributed by atoms with Gasteiger partial charge in [-0.15, -0.1) is 0 Å². The smallest absolute Gasteiger partial charge is 0.307 e. The van der Waals surface area contributed by atoms with Crippen molar-refractivity contribution < 1.29 is 14.3 Å². The fourth-order valence-electron chi connectivity index (χ4n) is 2.76. The molecule has 2 aromatic rings. The normalized spacial score (nSPS) is 10.6. The molecule has 0 radical (unpaired) electrons. The highest BCUT2D eigenvalue weighted by Gasteiger charge is 2.10. The van der Waals surface area contributed by atoms with E-state index in [-0.39, 0.29) is 24.8 Å². The first-order valence-corrected chi connectivity index (χ1v) is 9.14. The number of benzene rings is 2. The molecule has 4 heteroatoms. The summed E-state index contributed by atoms with van der Waals surface area (Å²) in [6.45, 7) is 2.93. The molecule has 25 heavy (non-hydrogen) atoms. The quantitative estimate of drug-likeness (QED) is 0.512. The van der Waals surface area contributed by atoms with E-state index in [1.807, 2.05) is 36.4 Å². The Hall–Kier alpha value is -2.36. The van der Waals surface area contributed by atoms with Gasteiger partial charge in [0.1, 0.15) is 0 Å². The maximum absolute atomic E-state index is 12.3. The first kappa shape index (κ1) is 19.0. The Labute approximate surface area is 149 Å². The van der Waals surface area contributed by atoms with E-state index >= 15 is 0 Å². The number of esters is 1. The SMILES string of the molecule is CCCCCCCOC(=O)CCNC(=O)c1cccc2ccccc12. The predicted octanol–water partition coefficient (Wildman–Crippen LogP) is 4.47. The lowest BCUT2D eigenvalue weighted by molar-refractivity contribution is -0.143. The van der Waals surface area contributed by atoms with Gasteiger partial charge >= 0.3 is 5.97 Å². The summed E-state index contributed by atoms with van der Waals surface area (Å²) in [4.78, 5) is 24.0. The summed E-state index contributed by atoms with van der Waals surface area (Å²) in [5.41, 5.74) is 0.627. The van der Waals surface area contributed by atoms with Crippen molar-refractivity contribution in [2.24, 2.45) is 0 Å². The number of fused-ring (bicyclic) bond motifs is 1. The summed E-state index contributed by atoms with van der Waals surface area (Å²) < 4.78 is 5.19. The highest BCUT2D eigenvalue weighted by molar-refractivity contribution is 6.07. The molecule has 134 valence electrons. The van der Waals surface area contributed by atoms with Gasteiger partial charge < -0.3 is 10.1 Å². The predicted molar refractivity (Wildman–Crippen MR) is 101 cm³/mol. The van der Waals surface area contributed by atoms with Crippen LogP contribution < -0.4 is 5.32 Å². The maximum Gasteiger partial charge on any atom is 0.307 e. The summed E-state index contributed by atoms with van der Waals surface area (Å²) in [6, 6.07) is 13.4. The van der Waals surface area contributed by atoms with E-state index in [9.17, 15) is 9.59 Å². The minimum atomic E-state index is -0.256. The summed E-state index contributed by atoms with van der Waals surface area (Å²) in [7, 11) is 0. The average Bonchev–Trinajstić information content (AvgIpc) is 2.64. The van der Waals surface area contributed by atoms with E-state index < -0.39 is 0 Å². The van der Waals surface area contributed by atoms with Crippen LogP contribution in [0.3, 0.4) is 0 Å². The third-order valence-corrected chi connectivity index (χ3v) is 4.16. The van der Waals surface area contributed by atoms with Gasteiger partial charge in [0.25, 0.3) is 5.91 Å². The first-order valence-electron chi connectivity index (χ1n) is 9.14. The number of carbonyl (C=O) groups excluding carboxylic acids is 2. The zero-order valence-electron chi connectivity index (χ0n) is 14.9. The van der Waals surface area contributed by atoms with Gasteiger partial charge in [-0.05, 0) is 23.3 Å². The van der Waals surface area contributed by atoms with Gasteiger partial charge in [-0.25, -0.2) is 0 Å². The zero-order chi connectivity index (χ0) is 17.9. The molecule has 0 saturated heterocycles. The minimum absolute atomic E-state index is 0.163. The summed E-state index contributed by atoms with van der Waals surface area (Å²) in [6.07, 6.45) is 5.83. The lowest BCUT2D eigenvalue weighted by atomic mass is 10.0. The van der Waals surface area contributed by atoms with E-state index in [1.165, 1.54) is 19.3 Å². The molecule has 0 aliphatic carbocycles. The van der Waals surface area contributed by atoms with E-state index in [4.69, 9.17) is 4.74 Å². The van der Waals surface area contributed by atoms with Crippen LogP contribution in [0.15, 0.2) is 42.5 Å². The highest BCUT2D eigenvalue weighted by Crippen LogP contribution is 2.18. The van der Waals surface area contributed by atoms with Crippen LogP contribution in [0.2, 0.25) is 0 Å². The van der Waals surface area contributed by atoms with Gasteiger partial charge in [0.05, 0.1) is 13.0 Å². The average molecular weight is 341 g/mol. The van der Waals surface area contributed by atoms with E-state index in [1.54, 1.807) is 6.07 Å². The third kappa shape index (κ3) is 6.22. The van der Waals surface area contributed by atoms with Crippen molar-refractivity contribution in [3.05, 3.63) is 48.0 Å². The van der Waals surface area contributed by atoms with Crippen molar-refractivity contribution in [1.82, 2.24) is 5.32 Å². The molecule has 4 nitrogen and oxygen atoms in total. The summed E-state index contributed by atoms with van der Waals surface area (Å²) in [5, 5.41) is 4.74. The standard InChI is InChI=1S/C21H27NO3/c1-2-3-4-5-8-16-25-20(23)14-15-22-21(24)19-13-9-11-17-10-6-7-12-18(17)19/h6-7,9-13H,2-5,8,14-16H2,1H3,(H,22,24). The maximum atomic E-state index is 12.3. The molecule has 0 heterocycles. The van der Waals surface area contributed by atoms with Crippen molar-refractivity contribution in [3.8, 4) is 0 Å². The molecule has 0 unspecified atom stereocenters. The lowest BCUT2D eigenvalue weighted by Crippen LogP contribution is -2.26. The van der Waals surface area contributed by atoms with Crippen LogP contribution >= 0.6 is 0 Å². The van der Waals surface area contributed by atoms with E-state index in [0.717, 1.165) is 23.6 Å². The van der Waals surface area contributed by atoms with Crippen molar-refractivity contribution in [3.63, 3.8) is 0 Å². The number of unbranched alkanes of at least 4 members (excludes halogenated alkanes) is 4. The lowest BCUT2D eigenvalue weighted by Gasteiger charge is -2.08. The van der Waals surface area contributed by atoms with Crippen LogP contribution in [0.1, 0.15) is 55.8 Å². The Morgan fingerprint density at radius 1 is 0.960 bits per heavy atom. The van der Waals surface area contributed by atoms with Gasteiger partial charge in [-0.3, -0.25) is 9.59 Å². The van der Waals surface area contributed by atoms with Crippen LogP contribution in [0.5, 0.6) is 0 Å². The molecule has 0 fully saturated rings. The summed E-state index contributed by atoms with van der Waals surface area (Å²) in [5.74, 6) is -0.419. The van der Waals surface area contributed by atoms with Gasteiger partial charge in [-0.2, -0.15) is 0 Å². The fourth-order valence-corrected chi connectivity index (χ4v) is 2.76. The molecule has 2 rings (SSSR count). The van der Waals surface area contributed by atoms with E-state index in [0.29, 0.717) is 12.2 Å². The van der Waals surface area contributed by atoms with Crippen LogP contribution in [0.25, 0.3) is 10.8 Å². The molecule has 0 aliphatic rings. The van der Waals surface area contributed by atoms with Gasteiger partial charge in [0, 0.05) is 12.1 Å². The number of amides is 1. The molecule has 1 amide bonds. The third-order valence-electron chi connectivity index (χ3n) is 4.16. The number of rotatable bonds is 10. The minimum Gasteiger partial charge on any atom is -0.466 e. The molecular weight excluding hydrogens is 314 g/mol. The number of hydrogen-bond donors (Lipinski definition) is 1. The van der Waals surface area contributed by atoms with Crippen LogP contribution in [-0.4, -0.2) is 25.0 Å². The Bertz CT molecular complexity index is 691. The Morgan fingerprint density at radius 2 is 1.72 bits per heavy atom. The second kappa shape index (κ2) is 10.5. The van der Waals surface area contributed by atoms with Crippen molar-refractivity contribution in [2.75, 3.05) is 13.2 Å². The molecule has 0 aromatic heterocycles. The molecule has 0 aliphatic heterocycles. The second-order valence-electron chi connectivity index (χ2n) is 6.17. The molecule has 0 bridgehead atoms. The van der Waals surface area contributed by atoms with Gasteiger partial charge in [-0.1, -0.05) is 69.0 Å². The Kier molecular flexibility index (Phi) is 7.96. The molecule has 1 N–H and O–H groups in total. The highest BCUT2D eigenvalue weighted by atomic mass is 16.5. The molecule has 0 atom stereocenters. The molecule has 0 saturated carbocycles. The number of ether oxygens (including phenoxy) is 1. The van der Waals surface area contributed by atoms with Gasteiger partial charge in [0.2, 0.25) is 0 Å². The Balaban J connectivity index is 1.70.